The summed E-state index contributed by atoms with van der Waals surface area (Å²) in [5.41, 5.74) is 1.35. The molecule has 0 fully saturated rings. The van der Waals surface area contributed by atoms with Crippen LogP contribution in [0.2, 0.25) is 0 Å². The SMILES string of the molecule is CC.Cc1cccc(SC(C)(C)C(C)C(C)C)c1. The zero-order chi connectivity index (χ0) is 14.3. The van der Waals surface area contributed by atoms with Gasteiger partial charge in [0, 0.05) is 9.64 Å². The minimum atomic E-state index is 0.294. The van der Waals surface area contributed by atoms with Crippen LogP contribution in [-0.2, 0) is 0 Å². The second kappa shape index (κ2) is 7.89. The lowest BCUT2D eigenvalue weighted by molar-refractivity contribution is 0.346. The Balaban J connectivity index is 0.00000137. The molecule has 1 rings (SSSR count). The molecule has 0 aliphatic carbocycles. The van der Waals surface area contributed by atoms with E-state index in [0.717, 1.165) is 5.92 Å². The van der Waals surface area contributed by atoms with Gasteiger partial charge in [0.05, 0.1) is 0 Å². The first-order valence-corrected chi connectivity index (χ1v) is 7.90. The van der Waals surface area contributed by atoms with Crippen molar-refractivity contribution in [2.24, 2.45) is 11.8 Å². The van der Waals surface area contributed by atoms with Gasteiger partial charge in [0.1, 0.15) is 0 Å². The van der Waals surface area contributed by atoms with Crippen molar-refractivity contribution >= 4 is 11.8 Å². The monoisotopic (exact) mass is 266 g/mol. The normalized spacial score (nSPS) is 12.9. The van der Waals surface area contributed by atoms with E-state index in [4.69, 9.17) is 0 Å². The van der Waals surface area contributed by atoms with Crippen molar-refractivity contribution in [3.05, 3.63) is 29.8 Å². The third-order valence-corrected chi connectivity index (χ3v) is 4.85. The third kappa shape index (κ3) is 5.48. The van der Waals surface area contributed by atoms with Crippen molar-refractivity contribution in [2.75, 3.05) is 0 Å². The highest BCUT2D eigenvalue weighted by Crippen LogP contribution is 2.41. The van der Waals surface area contributed by atoms with E-state index in [-0.39, 0.29) is 0 Å². The third-order valence-electron chi connectivity index (χ3n) is 3.47. The molecular formula is C17H30S. The molecule has 0 nitrogen and oxygen atoms in total. The summed E-state index contributed by atoms with van der Waals surface area (Å²) in [4.78, 5) is 1.39. The van der Waals surface area contributed by atoms with Gasteiger partial charge in [-0.2, -0.15) is 0 Å². The van der Waals surface area contributed by atoms with Crippen LogP contribution in [0.3, 0.4) is 0 Å². The van der Waals surface area contributed by atoms with Crippen molar-refractivity contribution in [3.63, 3.8) is 0 Å². The highest BCUT2D eigenvalue weighted by atomic mass is 32.2. The minimum absolute atomic E-state index is 0.294. The van der Waals surface area contributed by atoms with Crippen LogP contribution in [0.15, 0.2) is 29.2 Å². The van der Waals surface area contributed by atoms with Gasteiger partial charge in [-0.05, 0) is 30.9 Å². The van der Waals surface area contributed by atoms with Crippen LogP contribution >= 0.6 is 11.8 Å². The highest BCUT2D eigenvalue weighted by molar-refractivity contribution is 8.00. The molecule has 0 radical (unpaired) electrons. The standard InChI is InChI=1S/C15H24S.C2H6/c1-11(2)13(4)15(5,6)16-14-9-7-8-12(3)10-14;1-2/h7-11,13H,1-6H3;1-2H3. The van der Waals surface area contributed by atoms with Gasteiger partial charge in [-0.3, -0.25) is 0 Å². The fourth-order valence-corrected chi connectivity index (χ4v) is 3.34. The summed E-state index contributed by atoms with van der Waals surface area (Å²) in [6, 6.07) is 8.79. The highest BCUT2D eigenvalue weighted by Gasteiger charge is 2.29. The molecule has 0 aromatic heterocycles. The molecule has 0 saturated carbocycles. The number of aryl methyl sites for hydroxylation is 1. The van der Waals surface area contributed by atoms with E-state index in [1.807, 2.05) is 25.6 Å². The predicted molar refractivity (Wildman–Crippen MR) is 86.5 cm³/mol. The van der Waals surface area contributed by atoms with Gasteiger partial charge in [-0.15, -0.1) is 11.8 Å². The lowest BCUT2D eigenvalue weighted by atomic mass is 9.87. The zero-order valence-corrected chi connectivity index (χ0v) is 14.2. The van der Waals surface area contributed by atoms with Crippen LogP contribution in [0.1, 0.15) is 54.0 Å². The van der Waals surface area contributed by atoms with E-state index in [9.17, 15) is 0 Å². The molecule has 104 valence electrons. The van der Waals surface area contributed by atoms with Crippen LogP contribution in [0, 0.1) is 18.8 Å². The molecule has 0 bridgehead atoms. The number of hydrogen-bond acceptors (Lipinski definition) is 1. The van der Waals surface area contributed by atoms with Crippen molar-refractivity contribution < 1.29 is 0 Å². The fourth-order valence-electron chi connectivity index (χ4n) is 1.88. The molecule has 0 spiro atoms. The number of rotatable bonds is 4. The van der Waals surface area contributed by atoms with Gasteiger partial charge in [-0.1, -0.05) is 66.2 Å². The van der Waals surface area contributed by atoms with E-state index in [0.29, 0.717) is 10.7 Å². The van der Waals surface area contributed by atoms with Gasteiger partial charge in [0.25, 0.3) is 0 Å². The van der Waals surface area contributed by atoms with Crippen LogP contribution < -0.4 is 0 Å². The van der Waals surface area contributed by atoms with Crippen LogP contribution in [-0.4, -0.2) is 4.75 Å². The maximum atomic E-state index is 2.35. The second-order valence-electron chi connectivity index (χ2n) is 5.55. The van der Waals surface area contributed by atoms with Crippen LogP contribution in [0.5, 0.6) is 0 Å². The number of benzene rings is 1. The van der Waals surface area contributed by atoms with Crippen LogP contribution in [0.4, 0.5) is 0 Å². The van der Waals surface area contributed by atoms with Crippen molar-refractivity contribution in [2.45, 2.75) is 65.0 Å². The van der Waals surface area contributed by atoms with Gasteiger partial charge >= 0.3 is 0 Å². The molecule has 1 aromatic rings. The van der Waals surface area contributed by atoms with Crippen molar-refractivity contribution in [3.8, 4) is 0 Å². The quantitative estimate of drug-likeness (QED) is 0.586. The molecule has 1 aromatic carbocycles. The summed E-state index contributed by atoms with van der Waals surface area (Å²) >= 11 is 2.00. The maximum absolute atomic E-state index is 2.35. The van der Waals surface area contributed by atoms with E-state index in [1.165, 1.54) is 10.5 Å². The molecule has 0 heterocycles. The summed E-state index contributed by atoms with van der Waals surface area (Å²) in [6.45, 7) is 17.8. The maximum Gasteiger partial charge on any atom is 0.0178 e. The lowest BCUT2D eigenvalue weighted by Crippen LogP contribution is -2.28. The van der Waals surface area contributed by atoms with Crippen molar-refractivity contribution in [1.29, 1.82) is 0 Å². The summed E-state index contributed by atoms with van der Waals surface area (Å²) in [5.74, 6) is 1.44. The smallest absolute Gasteiger partial charge is 0.0178 e. The topological polar surface area (TPSA) is 0 Å². The van der Waals surface area contributed by atoms with E-state index in [1.54, 1.807) is 0 Å². The average Bonchev–Trinajstić information content (AvgIpc) is 2.30. The molecule has 0 aliphatic rings. The molecule has 18 heavy (non-hydrogen) atoms. The Morgan fingerprint density at radius 3 is 2.06 bits per heavy atom. The van der Waals surface area contributed by atoms with Gasteiger partial charge in [0.15, 0.2) is 0 Å². The minimum Gasteiger partial charge on any atom is -0.120 e. The lowest BCUT2D eigenvalue weighted by Gasteiger charge is -2.34. The van der Waals surface area contributed by atoms with Gasteiger partial charge < -0.3 is 0 Å². The molecule has 1 unspecified atom stereocenters. The summed E-state index contributed by atoms with van der Waals surface area (Å²) in [5, 5.41) is 0. The average molecular weight is 266 g/mol. The van der Waals surface area contributed by atoms with Crippen molar-refractivity contribution in [1.82, 2.24) is 0 Å². The number of thioether (sulfide) groups is 1. The Morgan fingerprint density at radius 2 is 1.61 bits per heavy atom. The second-order valence-corrected chi connectivity index (χ2v) is 7.28. The summed E-state index contributed by atoms with van der Waals surface area (Å²) in [7, 11) is 0. The predicted octanol–water partition coefficient (Wildman–Crippen LogP) is 6.18. The van der Waals surface area contributed by atoms with Crippen LogP contribution in [0.25, 0.3) is 0 Å². The Bertz CT molecular complexity index is 339. The van der Waals surface area contributed by atoms with E-state index < -0.39 is 0 Å². The largest absolute Gasteiger partial charge is 0.120 e. The Kier molecular flexibility index (Phi) is 7.70. The molecule has 0 aliphatic heterocycles. The fraction of sp³-hybridized carbons (Fsp3) is 0.647. The summed E-state index contributed by atoms with van der Waals surface area (Å²) in [6.07, 6.45) is 0. The Morgan fingerprint density at radius 1 is 1.06 bits per heavy atom. The molecule has 1 heteroatoms. The molecular weight excluding hydrogens is 236 g/mol. The first kappa shape index (κ1) is 17.6. The molecule has 0 N–H and O–H groups in total. The molecule has 1 atom stereocenters. The zero-order valence-electron chi connectivity index (χ0n) is 13.4. The first-order chi connectivity index (χ1) is 8.33. The first-order valence-electron chi connectivity index (χ1n) is 7.08. The molecule has 0 amide bonds. The van der Waals surface area contributed by atoms with E-state index in [2.05, 4.69) is 65.8 Å². The van der Waals surface area contributed by atoms with Gasteiger partial charge in [-0.25, -0.2) is 0 Å². The Hall–Kier alpha value is -0.430. The Labute approximate surface area is 119 Å². The van der Waals surface area contributed by atoms with E-state index >= 15 is 0 Å². The molecule has 0 saturated heterocycles. The van der Waals surface area contributed by atoms with Gasteiger partial charge in [0.2, 0.25) is 0 Å². The number of hydrogen-bond donors (Lipinski definition) is 0. The summed E-state index contributed by atoms with van der Waals surface area (Å²) < 4.78 is 0.294.